The summed E-state index contributed by atoms with van der Waals surface area (Å²) in [7, 11) is 0. The number of carboxylic acids is 1. The van der Waals surface area contributed by atoms with Crippen LogP contribution in [-0.2, 0) is 14.3 Å². The van der Waals surface area contributed by atoms with E-state index < -0.39 is 24.0 Å². The molecule has 0 bridgehead atoms. The second kappa shape index (κ2) is 11.2. The minimum absolute atomic E-state index is 0.0466. The van der Waals surface area contributed by atoms with Crippen LogP contribution in [0, 0.1) is 17.8 Å². The number of hydrogen-bond donors (Lipinski definition) is 3. The zero-order valence-corrected chi connectivity index (χ0v) is 20.2. The van der Waals surface area contributed by atoms with Crippen LogP contribution in [0.25, 0.3) is 11.1 Å². The van der Waals surface area contributed by atoms with E-state index in [1.54, 1.807) is 0 Å². The standard InChI is InChI=1S/C27H34N2O5/c1-16(2)13-24(26(31)32)29-25(30)22(17(3)4)14-28-27(33)34-15-23-20-11-7-5-9-18(20)19-10-6-8-12-21(19)23/h5-12,16-17,22-24H,13-15H2,1-4H3,(H,28,33)(H,29,30)(H,31,32)/t22?,24-/m1/s1. The van der Waals surface area contributed by atoms with Gasteiger partial charge in [-0.25, -0.2) is 9.59 Å². The molecule has 182 valence electrons. The van der Waals surface area contributed by atoms with E-state index in [4.69, 9.17) is 4.74 Å². The van der Waals surface area contributed by atoms with Crippen molar-refractivity contribution in [2.24, 2.45) is 17.8 Å². The van der Waals surface area contributed by atoms with Crippen LogP contribution in [-0.4, -0.2) is 42.3 Å². The normalized spacial score (nSPS) is 14.3. The molecule has 0 fully saturated rings. The van der Waals surface area contributed by atoms with Crippen molar-refractivity contribution in [1.29, 1.82) is 0 Å². The van der Waals surface area contributed by atoms with Crippen molar-refractivity contribution in [3.63, 3.8) is 0 Å². The summed E-state index contributed by atoms with van der Waals surface area (Å²) in [5.41, 5.74) is 4.55. The minimum atomic E-state index is -1.06. The molecule has 7 nitrogen and oxygen atoms in total. The van der Waals surface area contributed by atoms with Gasteiger partial charge in [-0.1, -0.05) is 76.2 Å². The Balaban J connectivity index is 1.58. The average molecular weight is 467 g/mol. The maximum atomic E-state index is 12.8. The number of fused-ring (bicyclic) bond motifs is 3. The fourth-order valence-electron chi connectivity index (χ4n) is 4.45. The fraction of sp³-hybridized carbons (Fsp3) is 0.444. The number of carboxylic acid groups (broad SMARTS) is 1. The molecule has 1 aliphatic rings. The SMILES string of the molecule is CC(C)C[C@@H](NC(=O)C(CNC(=O)OCC1c2ccccc2-c2ccccc21)C(C)C)C(=O)O. The predicted octanol–water partition coefficient (Wildman–Crippen LogP) is 4.41. The second-order valence-corrected chi connectivity index (χ2v) is 9.59. The first kappa shape index (κ1) is 25.3. The third-order valence-electron chi connectivity index (χ3n) is 6.27. The molecule has 0 aliphatic heterocycles. The highest BCUT2D eigenvalue weighted by atomic mass is 16.5. The Kier molecular flexibility index (Phi) is 8.31. The predicted molar refractivity (Wildman–Crippen MR) is 130 cm³/mol. The van der Waals surface area contributed by atoms with Crippen LogP contribution in [0.15, 0.2) is 48.5 Å². The summed E-state index contributed by atoms with van der Waals surface area (Å²) in [4.78, 5) is 36.8. The van der Waals surface area contributed by atoms with Crippen LogP contribution < -0.4 is 10.6 Å². The van der Waals surface area contributed by atoms with Gasteiger partial charge in [-0.2, -0.15) is 0 Å². The largest absolute Gasteiger partial charge is 0.480 e. The van der Waals surface area contributed by atoms with Gasteiger partial charge in [-0.15, -0.1) is 0 Å². The van der Waals surface area contributed by atoms with Gasteiger partial charge in [-0.3, -0.25) is 4.79 Å². The molecule has 2 atom stereocenters. The lowest BCUT2D eigenvalue weighted by molar-refractivity contribution is -0.143. The van der Waals surface area contributed by atoms with E-state index in [1.807, 2.05) is 52.0 Å². The molecule has 2 aromatic rings. The van der Waals surface area contributed by atoms with Crippen molar-refractivity contribution in [2.75, 3.05) is 13.2 Å². The molecule has 0 saturated heterocycles. The number of hydrogen-bond acceptors (Lipinski definition) is 4. The highest BCUT2D eigenvalue weighted by Crippen LogP contribution is 2.44. The summed E-state index contributed by atoms with van der Waals surface area (Å²) in [6.45, 7) is 7.78. The van der Waals surface area contributed by atoms with Gasteiger partial charge in [0.1, 0.15) is 12.6 Å². The van der Waals surface area contributed by atoms with Crippen molar-refractivity contribution in [3.05, 3.63) is 59.7 Å². The smallest absolute Gasteiger partial charge is 0.407 e. The van der Waals surface area contributed by atoms with Crippen molar-refractivity contribution in [2.45, 2.75) is 46.1 Å². The van der Waals surface area contributed by atoms with E-state index >= 15 is 0 Å². The molecule has 0 spiro atoms. The summed E-state index contributed by atoms with van der Waals surface area (Å²) < 4.78 is 5.55. The van der Waals surface area contributed by atoms with Crippen LogP contribution >= 0.6 is 0 Å². The molecule has 3 N–H and O–H groups in total. The first-order valence-corrected chi connectivity index (χ1v) is 11.8. The Morgan fingerprint density at radius 2 is 1.50 bits per heavy atom. The van der Waals surface area contributed by atoms with E-state index in [1.165, 1.54) is 0 Å². The summed E-state index contributed by atoms with van der Waals surface area (Å²) >= 11 is 0. The number of carbonyl (C=O) groups excluding carboxylic acids is 2. The quantitative estimate of drug-likeness (QED) is 0.481. The number of carbonyl (C=O) groups is 3. The first-order chi connectivity index (χ1) is 16.2. The molecule has 3 rings (SSSR count). The van der Waals surface area contributed by atoms with E-state index in [9.17, 15) is 19.5 Å². The minimum Gasteiger partial charge on any atom is -0.480 e. The lowest BCUT2D eigenvalue weighted by Gasteiger charge is -2.24. The van der Waals surface area contributed by atoms with Gasteiger partial charge < -0.3 is 20.5 Å². The number of ether oxygens (including phenoxy) is 1. The molecule has 1 unspecified atom stereocenters. The first-order valence-electron chi connectivity index (χ1n) is 11.8. The number of aliphatic carboxylic acids is 1. The molecule has 2 aromatic carbocycles. The molecule has 1 aliphatic carbocycles. The van der Waals surface area contributed by atoms with Gasteiger partial charge in [0.25, 0.3) is 0 Å². The maximum Gasteiger partial charge on any atom is 0.407 e. The van der Waals surface area contributed by atoms with Crippen LogP contribution in [0.1, 0.15) is 51.2 Å². The van der Waals surface area contributed by atoms with Gasteiger partial charge in [-0.05, 0) is 40.5 Å². The Morgan fingerprint density at radius 1 is 0.941 bits per heavy atom. The molecule has 0 saturated carbocycles. The Labute approximate surface area is 200 Å². The molecule has 0 radical (unpaired) electrons. The van der Waals surface area contributed by atoms with Gasteiger partial charge in [0.2, 0.25) is 5.91 Å². The topological polar surface area (TPSA) is 105 Å². The fourth-order valence-corrected chi connectivity index (χ4v) is 4.45. The van der Waals surface area contributed by atoms with Gasteiger partial charge >= 0.3 is 12.1 Å². The third-order valence-corrected chi connectivity index (χ3v) is 6.27. The summed E-state index contributed by atoms with van der Waals surface area (Å²) in [5, 5.41) is 14.7. The molecule has 2 amide bonds. The lowest BCUT2D eigenvalue weighted by atomic mass is 9.94. The Morgan fingerprint density at radius 3 is 2.00 bits per heavy atom. The van der Waals surface area contributed by atoms with E-state index in [2.05, 4.69) is 34.9 Å². The van der Waals surface area contributed by atoms with Gasteiger partial charge in [0.15, 0.2) is 0 Å². The van der Waals surface area contributed by atoms with E-state index in [0.29, 0.717) is 6.42 Å². The Bertz CT molecular complexity index is 988. The maximum absolute atomic E-state index is 12.8. The van der Waals surface area contributed by atoms with Crippen LogP contribution in [0.3, 0.4) is 0 Å². The summed E-state index contributed by atoms with van der Waals surface area (Å²) in [5.74, 6) is -2.04. The third kappa shape index (κ3) is 5.95. The Hall–Kier alpha value is -3.35. The summed E-state index contributed by atoms with van der Waals surface area (Å²) in [6, 6.07) is 15.3. The molecular weight excluding hydrogens is 432 g/mol. The number of nitrogens with one attached hydrogen (secondary N) is 2. The second-order valence-electron chi connectivity index (χ2n) is 9.59. The van der Waals surface area contributed by atoms with Crippen molar-refractivity contribution in [3.8, 4) is 11.1 Å². The van der Waals surface area contributed by atoms with Gasteiger partial charge in [0.05, 0.1) is 5.92 Å². The molecular formula is C27H34N2O5. The van der Waals surface area contributed by atoms with Crippen molar-refractivity contribution >= 4 is 18.0 Å². The van der Waals surface area contributed by atoms with Crippen molar-refractivity contribution in [1.82, 2.24) is 10.6 Å². The van der Waals surface area contributed by atoms with E-state index in [-0.39, 0.29) is 36.8 Å². The van der Waals surface area contributed by atoms with E-state index in [0.717, 1.165) is 22.3 Å². The lowest BCUT2D eigenvalue weighted by Crippen LogP contribution is -2.48. The van der Waals surface area contributed by atoms with Crippen molar-refractivity contribution < 1.29 is 24.2 Å². The number of amides is 2. The summed E-state index contributed by atoms with van der Waals surface area (Å²) in [6.07, 6.45) is -0.261. The van der Waals surface area contributed by atoms with Crippen LogP contribution in [0.4, 0.5) is 4.79 Å². The highest BCUT2D eigenvalue weighted by Gasteiger charge is 2.30. The number of alkyl carbamates (subject to hydrolysis) is 1. The molecule has 7 heteroatoms. The molecule has 0 aromatic heterocycles. The molecule has 0 heterocycles. The average Bonchev–Trinajstić information content (AvgIpc) is 3.10. The number of rotatable bonds is 10. The van der Waals surface area contributed by atoms with Gasteiger partial charge in [0, 0.05) is 12.5 Å². The highest BCUT2D eigenvalue weighted by molar-refractivity contribution is 5.85. The zero-order valence-electron chi connectivity index (χ0n) is 20.2. The zero-order chi connectivity index (χ0) is 24.8. The van der Waals surface area contributed by atoms with Crippen LogP contribution in [0.2, 0.25) is 0 Å². The monoisotopic (exact) mass is 466 g/mol. The number of benzene rings is 2. The van der Waals surface area contributed by atoms with Crippen LogP contribution in [0.5, 0.6) is 0 Å². The molecule has 34 heavy (non-hydrogen) atoms.